The molecular weight excluding hydrogens is 242 g/mol. The lowest BCUT2D eigenvalue weighted by Crippen LogP contribution is -2.15. The van der Waals surface area contributed by atoms with Gasteiger partial charge >= 0.3 is 0 Å². The van der Waals surface area contributed by atoms with Crippen molar-refractivity contribution >= 4 is 0 Å². The first-order valence-corrected chi connectivity index (χ1v) is 7.70. The average molecular weight is 265 g/mol. The van der Waals surface area contributed by atoms with E-state index < -0.39 is 0 Å². The lowest BCUT2D eigenvalue weighted by Gasteiger charge is -2.26. The van der Waals surface area contributed by atoms with Gasteiger partial charge in [0.2, 0.25) is 0 Å². The summed E-state index contributed by atoms with van der Waals surface area (Å²) in [5.41, 5.74) is 10.3. The molecular formula is C19H23N. The van der Waals surface area contributed by atoms with Gasteiger partial charge in [0.1, 0.15) is 0 Å². The van der Waals surface area contributed by atoms with E-state index in [1.54, 1.807) is 0 Å². The zero-order chi connectivity index (χ0) is 13.8. The first-order valence-electron chi connectivity index (χ1n) is 7.70. The highest BCUT2D eigenvalue weighted by Gasteiger charge is 2.19. The van der Waals surface area contributed by atoms with Crippen molar-refractivity contribution in [1.82, 2.24) is 0 Å². The van der Waals surface area contributed by atoms with Crippen LogP contribution in [0.1, 0.15) is 47.8 Å². The van der Waals surface area contributed by atoms with Gasteiger partial charge in [-0.15, -0.1) is 0 Å². The minimum Gasteiger partial charge on any atom is -0.330 e. The quantitative estimate of drug-likeness (QED) is 0.859. The monoisotopic (exact) mass is 265 g/mol. The molecule has 2 aromatic rings. The minimum atomic E-state index is 0.424. The molecule has 0 aromatic heterocycles. The third-order valence-electron chi connectivity index (χ3n) is 4.57. The Hall–Kier alpha value is -1.60. The maximum absolute atomic E-state index is 5.99. The van der Waals surface area contributed by atoms with E-state index in [9.17, 15) is 0 Å². The van der Waals surface area contributed by atoms with Gasteiger partial charge in [0, 0.05) is 5.92 Å². The van der Waals surface area contributed by atoms with Crippen molar-refractivity contribution in [2.45, 2.75) is 37.5 Å². The minimum absolute atomic E-state index is 0.424. The summed E-state index contributed by atoms with van der Waals surface area (Å²) < 4.78 is 0. The van der Waals surface area contributed by atoms with Crippen LogP contribution in [0.3, 0.4) is 0 Å². The summed E-state index contributed by atoms with van der Waals surface area (Å²) in [6, 6.07) is 19.8. The van der Waals surface area contributed by atoms with Gasteiger partial charge in [-0.05, 0) is 48.4 Å². The van der Waals surface area contributed by atoms with Crippen molar-refractivity contribution in [2.75, 3.05) is 6.54 Å². The Balaban J connectivity index is 1.75. The first-order chi connectivity index (χ1) is 9.86. The maximum atomic E-state index is 5.99. The second-order valence-electron chi connectivity index (χ2n) is 5.92. The van der Waals surface area contributed by atoms with Crippen LogP contribution < -0.4 is 5.73 Å². The molecule has 1 saturated carbocycles. The van der Waals surface area contributed by atoms with Gasteiger partial charge in [-0.1, -0.05) is 61.0 Å². The zero-order valence-corrected chi connectivity index (χ0v) is 12.0. The van der Waals surface area contributed by atoms with E-state index in [2.05, 4.69) is 54.6 Å². The standard InChI is InChI=1S/C19H23N/c20-14-19(17-7-2-1-3-8-17)13-15-6-4-11-18(12-15)16-9-5-10-16/h1-4,6-8,11-12,16,19H,5,9-10,13-14,20H2. The molecule has 3 rings (SSSR count). The third-order valence-corrected chi connectivity index (χ3v) is 4.57. The van der Waals surface area contributed by atoms with Crippen LogP contribution in [0.4, 0.5) is 0 Å². The van der Waals surface area contributed by atoms with E-state index in [1.165, 1.54) is 36.0 Å². The van der Waals surface area contributed by atoms with Gasteiger partial charge in [0.05, 0.1) is 0 Å². The zero-order valence-electron chi connectivity index (χ0n) is 12.0. The molecule has 104 valence electrons. The fourth-order valence-corrected chi connectivity index (χ4v) is 3.06. The molecule has 0 amide bonds. The maximum Gasteiger partial charge on any atom is 0.000157 e. The number of hydrogen-bond donors (Lipinski definition) is 1. The number of hydrogen-bond acceptors (Lipinski definition) is 1. The van der Waals surface area contributed by atoms with Crippen molar-refractivity contribution in [1.29, 1.82) is 0 Å². The molecule has 0 spiro atoms. The fraction of sp³-hybridized carbons (Fsp3) is 0.368. The van der Waals surface area contributed by atoms with Crippen LogP contribution in [0.2, 0.25) is 0 Å². The van der Waals surface area contributed by atoms with E-state index in [4.69, 9.17) is 5.73 Å². The lowest BCUT2D eigenvalue weighted by atomic mass is 9.79. The molecule has 1 atom stereocenters. The summed E-state index contributed by atoms with van der Waals surface area (Å²) in [5, 5.41) is 0. The van der Waals surface area contributed by atoms with Crippen molar-refractivity contribution in [3.8, 4) is 0 Å². The smallest absolute Gasteiger partial charge is 0.000157 e. The van der Waals surface area contributed by atoms with Crippen LogP contribution in [0.25, 0.3) is 0 Å². The van der Waals surface area contributed by atoms with Crippen LogP contribution >= 0.6 is 0 Å². The normalized spacial score (nSPS) is 16.6. The first kappa shape index (κ1) is 13.4. The largest absolute Gasteiger partial charge is 0.330 e. The molecule has 2 N–H and O–H groups in total. The molecule has 1 aliphatic rings. The Kier molecular flexibility index (Phi) is 4.17. The Morgan fingerprint density at radius 2 is 1.80 bits per heavy atom. The number of benzene rings is 2. The van der Waals surface area contributed by atoms with Crippen molar-refractivity contribution in [3.63, 3.8) is 0 Å². The van der Waals surface area contributed by atoms with Gasteiger partial charge in [-0.3, -0.25) is 0 Å². The molecule has 0 bridgehead atoms. The summed E-state index contributed by atoms with van der Waals surface area (Å²) in [5.74, 6) is 1.23. The van der Waals surface area contributed by atoms with Crippen LogP contribution in [-0.4, -0.2) is 6.54 Å². The summed E-state index contributed by atoms with van der Waals surface area (Å²) in [6.07, 6.45) is 5.16. The summed E-state index contributed by atoms with van der Waals surface area (Å²) >= 11 is 0. The van der Waals surface area contributed by atoms with Gasteiger partial charge in [0.15, 0.2) is 0 Å². The van der Waals surface area contributed by atoms with Gasteiger partial charge in [-0.25, -0.2) is 0 Å². The van der Waals surface area contributed by atoms with E-state index in [1.807, 2.05) is 0 Å². The molecule has 0 radical (unpaired) electrons. The number of nitrogens with two attached hydrogens (primary N) is 1. The highest BCUT2D eigenvalue weighted by molar-refractivity contribution is 5.30. The second kappa shape index (κ2) is 6.23. The van der Waals surface area contributed by atoms with E-state index >= 15 is 0 Å². The Bertz CT molecular complexity index is 543. The van der Waals surface area contributed by atoms with E-state index in [-0.39, 0.29) is 0 Å². The molecule has 0 saturated heterocycles. The van der Waals surface area contributed by atoms with Crippen LogP contribution in [0.5, 0.6) is 0 Å². The molecule has 20 heavy (non-hydrogen) atoms. The Morgan fingerprint density at radius 1 is 1.00 bits per heavy atom. The van der Waals surface area contributed by atoms with Crippen LogP contribution in [0, 0.1) is 0 Å². The Morgan fingerprint density at radius 3 is 2.45 bits per heavy atom. The van der Waals surface area contributed by atoms with Crippen molar-refractivity contribution in [2.24, 2.45) is 5.73 Å². The SMILES string of the molecule is NCC(Cc1cccc(C2CCC2)c1)c1ccccc1. The average Bonchev–Trinajstić information content (AvgIpc) is 2.44. The second-order valence-corrected chi connectivity index (χ2v) is 5.92. The molecule has 2 aromatic carbocycles. The number of rotatable bonds is 5. The van der Waals surface area contributed by atoms with E-state index in [0.29, 0.717) is 12.5 Å². The van der Waals surface area contributed by atoms with Crippen LogP contribution in [-0.2, 0) is 6.42 Å². The van der Waals surface area contributed by atoms with Crippen LogP contribution in [0.15, 0.2) is 54.6 Å². The predicted molar refractivity (Wildman–Crippen MR) is 85.0 cm³/mol. The molecule has 0 heterocycles. The van der Waals surface area contributed by atoms with Gasteiger partial charge in [-0.2, -0.15) is 0 Å². The third kappa shape index (κ3) is 2.94. The van der Waals surface area contributed by atoms with Crippen molar-refractivity contribution in [3.05, 3.63) is 71.3 Å². The molecule has 1 heteroatoms. The molecule has 1 fully saturated rings. The summed E-state index contributed by atoms with van der Waals surface area (Å²) in [7, 11) is 0. The highest BCUT2D eigenvalue weighted by Crippen LogP contribution is 2.36. The predicted octanol–water partition coefficient (Wildman–Crippen LogP) is 4.24. The highest BCUT2D eigenvalue weighted by atomic mass is 14.5. The molecule has 0 aliphatic heterocycles. The van der Waals surface area contributed by atoms with Gasteiger partial charge in [0.25, 0.3) is 0 Å². The van der Waals surface area contributed by atoms with E-state index in [0.717, 1.165) is 12.3 Å². The molecule has 1 aliphatic carbocycles. The summed E-state index contributed by atoms with van der Waals surface area (Å²) in [6.45, 7) is 0.706. The Labute approximate surface area is 121 Å². The lowest BCUT2D eigenvalue weighted by molar-refractivity contribution is 0.419. The molecule has 1 nitrogen and oxygen atoms in total. The van der Waals surface area contributed by atoms with Gasteiger partial charge < -0.3 is 5.73 Å². The van der Waals surface area contributed by atoms with Crippen molar-refractivity contribution < 1.29 is 0 Å². The summed E-state index contributed by atoms with van der Waals surface area (Å²) in [4.78, 5) is 0. The fourth-order valence-electron chi connectivity index (χ4n) is 3.06. The topological polar surface area (TPSA) is 26.0 Å². The molecule has 1 unspecified atom stereocenters.